The van der Waals surface area contributed by atoms with E-state index in [1.165, 1.54) is 18.6 Å². The molecule has 0 radical (unpaired) electrons. The summed E-state index contributed by atoms with van der Waals surface area (Å²) in [4.78, 5) is 21.4. The normalized spacial score (nSPS) is 12.0. The highest BCUT2D eigenvalue weighted by Crippen LogP contribution is 2.38. The Morgan fingerprint density at radius 1 is 0.951 bits per heavy atom. The molecule has 1 unspecified atom stereocenters. The van der Waals surface area contributed by atoms with Crippen LogP contribution in [0.4, 0.5) is 11.4 Å². The number of aromatic nitrogens is 2. The molecule has 11 nitrogen and oxygen atoms in total. The monoisotopic (exact) mass is 574 g/mol. The fraction of sp³-hybridized carbons (Fsp3) is 0.0690. The zero-order valence-electron chi connectivity index (χ0n) is 21.4. The highest BCUT2D eigenvalue weighted by molar-refractivity contribution is 7.86. The number of phenolic OH excluding ortho intramolecular Hbond substituents is 2. The van der Waals surface area contributed by atoms with Crippen LogP contribution >= 0.6 is 0 Å². The maximum Gasteiger partial charge on any atom is 0.328 e. The molecule has 12 heteroatoms. The molecule has 6 N–H and O–H groups in total. The number of aliphatic imine (C=N–C) groups is 1. The van der Waals surface area contributed by atoms with Gasteiger partial charge in [0, 0.05) is 52.6 Å². The van der Waals surface area contributed by atoms with Gasteiger partial charge in [0.2, 0.25) is 0 Å². The summed E-state index contributed by atoms with van der Waals surface area (Å²) >= 11 is 0. The number of benzene rings is 4. The Morgan fingerprint density at radius 3 is 2.24 bits per heavy atom. The number of aliphatic carboxylic acids is 1. The second-order valence-electron chi connectivity index (χ2n) is 8.75. The summed E-state index contributed by atoms with van der Waals surface area (Å²) in [5, 5.41) is 32.7. The molecular formula is C29H26N4O7S. The number of aromatic hydroxyl groups is 2. The average molecular weight is 575 g/mol. The molecule has 0 aliphatic heterocycles. The predicted molar refractivity (Wildman–Crippen MR) is 155 cm³/mol. The highest BCUT2D eigenvalue weighted by Gasteiger charge is 2.21. The molecule has 0 bridgehead atoms. The van der Waals surface area contributed by atoms with E-state index in [1.807, 2.05) is 6.07 Å². The fourth-order valence-electron chi connectivity index (χ4n) is 3.90. The van der Waals surface area contributed by atoms with Crippen LogP contribution in [0.25, 0.3) is 10.8 Å². The van der Waals surface area contributed by atoms with Crippen LogP contribution in [0.2, 0.25) is 0 Å². The zero-order valence-corrected chi connectivity index (χ0v) is 22.2. The van der Waals surface area contributed by atoms with Crippen molar-refractivity contribution in [3.05, 3.63) is 109 Å². The van der Waals surface area contributed by atoms with Gasteiger partial charge in [-0.15, -0.1) is 0 Å². The molecule has 41 heavy (non-hydrogen) atoms. The Kier molecular flexibility index (Phi) is 8.97. The lowest BCUT2D eigenvalue weighted by atomic mass is 10.1. The van der Waals surface area contributed by atoms with Crippen LogP contribution in [0.15, 0.2) is 107 Å². The van der Waals surface area contributed by atoms with E-state index < -0.39 is 22.1 Å². The number of para-hydroxylation sites is 2. The van der Waals surface area contributed by atoms with Crippen molar-refractivity contribution in [3.8, 4) is 11.5 Å². The number of phenols is 2. The van der Waals surface area contributed by atoms with E-state index in [4.69, 9.17) is 5.11 Å². The largest absolute Gasteiger partial charge is 0.507 e. The van der Waals surface area contributed by atoms with Crippen LogP contribution < -0.4 is 5.32 Å². The van der Waals surface area contributed by atoms with Crippen molar-refractivity contribution in [2.75, 3.05) is 5.32 Å². The third-order valence-corrected chi connectivity index (χ3v) is 6.77. The van der Waals surface area contributed by atoms with E-state index in [0.717, 1.165) is 6.07 Å². The summed E-state index contributed by atoms with van der Waals surface area (Å²) in [6, 6.07) is 22.5. The van der Waals surface area contributed by atoms with Gasteiger partial charge in [0.15, 0.2) is 6.04 Å². The standard InChI is InChI=1S/C16H13NO4S.C13H13N3O3/c18-14-10-15(22(19,20)21)16(13-9-5-4-8-12(13)14)17-11-6-2-1-3-7-11;17-12-4-2-1-3-9(12)6-15-11(13(18)19)5-10-7-14-8-16-10/h1-10,17-18H,(H,19,20,21);1-4,6-8,11,17H,5H2,(H,14,16)(H,18,19). The molecule has 0 aliphatic rings. The molecule has 1 aromatic heterocycles. The van der Waals surface area contributed by atoms with Crippen molar-refractivity contribution in [1.82, 2.24) is 9.97 Å². The van der Waals surface area contributed by atoms with Gasteiger partial charge in [-0.25, -0.2) is 9.78 Å². The Labute approximate surface area is 235 Å². The van der Waals surface area contributed by atoms with Gasteiger partial charge in [0.25, 0.3) is 10.1 Å². The summed E-state index contributed by atoms with van der Waals surface area (Å²) < 4.78 is 32.7. The van der Waals surface area contributed by atoms with Gasteiger partial charge in [-0.2, -0.15) is 8.42 Å². The lowest BCUT2D eigenvalue weighted by Gasteiger charge is -2.14. The number of carboxylic acid groups (broad SMARTS) is 1. The number of nitrogens with one attached hydrogen (secondary N) is 2. The van der Waals surface area contributed by atoms with Gasteiger partial charge in [0.1, 0.15) is 16.4 Å². The second-order valence-corrected chi connectivity index (χ2v) is 10.1. The number of nitrogens with zero attached hydrogens (tertiary/aromatic N) is 2. The molecule has 1 heterocycles. The molecule has 4 aromatic carbocycles. The van der Waals surface area contributed by atoms with Crippen molar-refractivity contribution in [3.63, 3.8) is 0 Å². The van der Waals surface area contributed by atoms with Gasteiger partial charge in [-0.05, 0) is 24.3 Å². The molecule has 210 valence electrons. The number of hydrogen-bond donors (Lipinski definition) is 6. The van der Waals surface area contributed by atoms with Crippen molar-refractivity contribution < 1.29 is 33.1 Å². The number of anilines is 2. The fourth-order valence-corrected chi connectivity index (χ4v) is 4.58. The lowest BCUT2D eigenvalue weighted by Crippen LogP contribution is -2.21. The number of hydrogen-bond acceptors (Lipinski definition) is 8. The van der Waals surface area contributed by atoms with Crippen LogP contribution in [0.3, 0.4) is 0 Å². The summed E-state index contributed by atoms with van der Waals surface area (Å²) in [5.41, 5.74) is 2.07. The number of rotatable bonds is 8. The minimum Gasteiger partial charge on any atom is -0.507 e. The third-order valence-electron chi connectivity index (χ3n) is 5.89. The van der Waals surface area contributed by atoms with Crippen LogP contribution in [0, 0.1) is 0 Å². The van der Waals surface area contributed by atoms with E-state index in [1.54, 1.807) is 72.9 Å². The maximum atomic E-state index is 11.6. The van der Waals surface area contributed by atoms with E-state index >= 15 is 0 Å². The minimum absolute atomic E-state index is 0.0666. The van der Waals surface area contributed by atoms with Gasteiger partial charge in [-0.3, -0.25) is 9.55 Å². The summed E-state index contributed by atoms with van der Waals surface area (Å²) in [6.07, 6.45) is 4.64. The average Bonchev–Trinajstić information content (AvgIpc) is 3.47. The Hall–Kier alpha value is -5.20. The van der Waals surface area contributed by atoms with E-state index in [-0.39, 0.29) is 28.5 Å². The highest BCUT2D eigenvalue weighted by atomic mass is 32.2. The molecule has 5 aromatic rings. The lowest BCUT2D eigenvalue weighted by molar-refractivity contribution is -0.138. The Balaban J connectivity index is 0.000000191. The first kappa shape index (κ1) is 28.8. The van der Waals surface area contributed by atoms with Crippen molar-refractivity contribution in [2.24, 2.45) is 4.99 Å². The number of fused-ring (bicyclic) bond motifs is 1. The van der Waals surface area contributed by atoms with Crippen LogP contribution in [-0.4, -0.2) is 56.5 Å². The summed E-state index contributed by atoms with van der Waals surface area (Å²) in [5.74, 6) is -1.17. The first-order valence-corrected chi connectivity index (χ1v) is 13.6. The van der Waals surface area contributed by atoms with Crippen molar-refractivity contribution in [1.29, 1.82) is 0 Å². The molecule has 0 fully saturated rings. The molecular weight excluding hydrogens is 548 g/mol. The quantitative estimate of drug-likeness (QED) is 0.0863. The smallest absolute Gasteiger partial charge is 0.328 e. The van der Waals surface area contributed by atoms with E-state index in [9.17, 15) is 28.0 Å². The van der Waals surface area contributed by atoms with Crippen molar-refractivity contribution >= 4 is 44.4 Å². The summed E-state index contributed by atoms with van der Waals surface area (Å²) in [6.45, 7) is 0. The number of H-pyrrole nitrogens is 1. The second kappa shape index (κ2) is 12.8. The molecule has 5 rings (SSSR count). The first-order chi connectivity index (χ1) is 19.6. The zero-order chi connectivity index (χ0) is 29.4. The van der Waals surface area contributed by atoms with E-state index in [0.29, 0.717) is 27.7 Å². The number of imidazole rings is 1. The molecule has 0 aliphatic carbocycles. The van der Waals surface area contributed by atoms with Crippen molar-refractivity contribution in [2.45, 2.75) is 17.4 Å². The first-order valence-electron chi connectivity index (χ1n) is 12.2. The SMILES string of the molecule is O=C(O)C(Cc1cnc[nH]1)N=Cc1ccccc1O.O=S(=O)(O)c1cc(O)c2ccccc2c1Nc1ccccc1. The molecule has 0 spiro atoms. The number of carboxylic acids is 1. The van der Waals surface area contributed by atoms with Crippen LogP contribution in [0.5, 0.6) is 11.5 Å². The van der Waals surface area contributed by atoms with Crippen LogP contribution in [-0.2, 0) is 21.3 Å². The number of carbonyl (C=O) groups is 1. The predicted octanol–water partition coefficient (Wildman–Crippen LogP) is 4.77. The number of aromatic amines is 1. The van der Waals surface area contributed by atoms with Gasteiger partial charge in [-0.1, -0.05) is 54.6 Å². The molecule has 0 saturated carbocycles. The third kappa shape index (κ3) is 7.47. The van der Waals surface area contributed by atoms with E-state index in [2.05, 4.69) is 20.3 Å². The Morgan fingerprint density at radius 2 is 1.61 bits per heavy atom. The summed E-state index contributed by atoms with van der Waals surface area (Å²) in [7, 11) is -4.49. The van der Waals surface area contributed by atoms with Gasteiger partial charge < -0.3 is 25.6 Å². The van der Waals surface area contributed by atoms with Crippen LogP contribution in [0.1, 0.15) is 11.3 Å². The Bertz CT molecular complexity index is 1770. The maximum absolute atomic E-state index is 11.6. The van der Waals surface area contributed by atoms with Gasteiger partial charge in [0.05, 0.1) is 12.0 Å². The molecule has 1 atom stereocenters. The van der Waals surface area contributed by atoms with Gasteiger partial charge >= 0.3 is 5.97 Å². The molecule has 0 amide bonds. The minimum atomic E-state index is -4.49. The molecule has 0 saturated heterocycles. The topological polar surface area (TPSA) is 185 Å².